The average molecular weight is 312 g/mol. The highest BCUT2D eigenvalue weighted by Crippen LogP contribution is 2.05. The predicted octanol–water partition coefficient (Wildman–Crippen LogP) is 0.995. The first kappa shape index (κ1) is 17.2. The molecule has 1 unspecified atom stereocenters. The molecule has 7 heteroatoms. The van der Waals surface area contributed by atoms with Gasteiger partial charge in [-0.3, -0.25) is 4.21 Å². The molecule has 0 aliphatic rings. The van der Waals surface area contributed by atoms with Crippen LogP contribution in [0.3, 0.4) is 0 Å². The topological polar surface area (TPSA) is 95.5 Å². The molecule has 0 fully saturated rings. The zero-order chi connectivity index (χ0) is 15.7. The lowest BCUT2D eigenvalue weighted by Gasteiger charge is -2.07. The van der Waals surface area contributed by atoms with Crippen LogP contribution >= 0.6 is 0 Å². The van der Waals surface area contributed by atoms with E-state index in [1.807, 2.05) is 6.07 Å². The van der Waals surface area contributed by atoms with Crippen LogP contribution in [-0.2, 0) is 17.2 Å². The van der Waals surface area contributed by atoms with Gasteiger partial charge in [0.25, 0.3) is 0 Å². The maximum Gasteiger partial charge on any atom is 0.335 e. The van der Waals surface area contributed by atoms with Crippen molar-refractivity contribution in [3.8, 4) is 0 Å². The summed E-state index contributed by atoms with van der Waals surface area (Å²) in [5.41, 5.74) is 1.10. The van der Waals surface area contributed by atoms with Gasteiger partial charge in [-0.1, -0.05) is 12.1 Å². The Labute approximate surface area is 126 Å². The minimum Gasteiger partial charge on any atom is -0.478 e. The largest absolute Gasteiger partial charge is 0.478 e. The molecule has 3 N–H and O–H groups in total. The second-order valence-electron chi connectivity index (χ2n) is 4.57. The first-order valence-electron chi connectivity index (χ1n) is 6.63. The summed E-state index contributed by atoms with van der Waals surface area (Å²) >= 11 is 0. The molecule has 0 heterocycles. The number of benzene rings is 1. The van der Waals surface area contributed by atoms with Crippen LogP contribution in [0.4, 0.5) is 4.79 Å². The van der Waals surface area contributed by atoms with Crippen LogP contribution < -0.4 is 10.6 Å². The highest BCUT2D eigenvalue weighted by atomic mass is 32.2. The maximum atomic E-state index is 11.5. The molecule has 21 heavy (non-hydrogen) atoms. The van der Waals surface area contributed by atoms with Crippen molar-refractivity contribution < 1.29 is 18.9 Å². The Kier molecular flexibility index (Phi) is 7.45. The zero-order valence-corrected chi connectivity index (χ0v) is 12.7. The molecule has 2 amide bonds. The van der Waals surface area contributed by atoms with Crippen molar-refractivity contribution in [2.24, 2.45) is 0 Å². The van der Waals surface area contributed by atoms with Gasteiger partial charge >= 0.3 is 12.0 Å². The van der Waals surface area contributed by atoms with Gasteiger partial charge in [0.2, 0.25) is 0 Å². The highest BCUT2D eigenvalue weighted by molar-refractivity contribution is 7.84. The Balaban J connectivity index is 2.23. The van der Waals surface area contributed by atoms with E-state index < -0.39 is 16.8 Å². The van der Waals surface area contributed by atoms with Crippen molar-refractivity contribution in [1.29, 1.82) is 0 Å². The third kappa shape index (κ3) is 7.45. The van der Waals surface area contributed by atoms with E-state index in [2.05, 4.69) is 10.6 Å². The fraction of sp³-hybridized carbons (Fsp3) is 0.429. The van der Waals surface area contributed by atoms with Gasteiger partial charge in [-0.2, -0.15) is 0 Å². The summed E-state index contributed by atoms with van der Waals surface area (Å²) in [6, 6.07) is 6.36. The van der Waals surface area contributed by atoms with Crippen molar-refractivity contribution in [2.45, 2.75) is 12.8 Å². The number of carboxylic acids is 1. The standard InChI is InChI=1S/C14H20N2O4S/c1-21(20)9-3-7-15-14(19)16-8-6-11-4-2-5-12(10-11)13(17)18/h2,4-5,10H,3,6-9H2,1H3,(H,17,18)(H2,15,16,19). The summed E-state index contributed by atoms with van der Waals surface area (Å²) in [5.74, 6) is -0.390. The van der Waals surface area contributed by atoms with E-state index in [9.17, 15) is 13.8 Å². The molecule has 1 aromatic carbocycles. The second kappa shape index (κ2) is 9.12. The molecule has 1 atom stereocenters. The molecule has 0 aromatic heterocycles. The van der Waals surface area contributed by atoms with E-state index in [-0.39, 0.29) is 11.6 Å². The van der Waals surface area contributed by atoms with E-state index >= 15 is 0 Å². The molecule has 0 spiro atoms. The van der Waals surface area contributed by atoms with E-state index in [1.54, 1.807) is 18.4 Å². The summed E-state index contributed by atoms with van der Waals surface area (Å²) in [4.78, 5) is 22.3. The minimum absolute atomic E-state index is 0.240. The molecule has 6 nitrogen and oxygen atoms in total. The van der Waals surface area contributed by atoms with Gasteiger partial charge in [0.1, 0.15) is 0 Å². The molecule has 0 radical (unpaired) electrons. The van der Waals surface area contributed by atoms with Crippen LogP contribution in [0.5, 0.6) is 0 Å². The number of urea groups is 1. The third-order valence-corrected chi connectivity index (χ3v) is 3.63. The predicted molar refractivity (Wildman–Crippen MR) is 82.1 cm³/mol. The fourth-order valence-corrected chi connectivity index (χ4v) is 2.27. The first-order valence-corrected chi connectivity index (χ1v) is 8.35. The van der Waals surface area contributed by atoms with Crippen LogP contribution in [0.1, 0.15) is 22.3 Å². The third-order valence-electron chi connectivity index (χ3n) is 2.77. The monoisotopic (exact) mass is 312 g/mol. The van der Waals surface area contributed by atoms with E-state index in [4.69, 9.17) is 5.11 Å². The Morgan fingerprint density at radius 3 is 2.62 bits per heavy atom. The molecule has 0 bridgehead atoms. The Morgan fingerprint density at radius 1 is 1.24 bits per heavy atom. The van der Waals surface area contributed by atoms with Crippen LogP contribution in [0.25, 0.3) is 0 Å². The number of carbonyl (C=O) groups is 2. The van der Waals surface area contributed by atoms with Crippen LogP contribution in [0, 0.1) is 0 Å². The summed E-state index contributed by atoms with van der Waals surface area (Å²) in [7, 11) is -0.836. The van der Waals surface area contributed by atoms with Gasteiger partial charge in [-0.05, 0) is 30.5 Å². The number of carbonyl (C=O) groups excluding carboxylic acids is 1. The van der Waals surface area contributed by atoms with Crippen LogP contribution in [0.2, 0.25) is 0 Å². The van der Waals surface area contributed by atoms with Crippen molar-refractivity contribution in [1.82, 2.24) is 10.6 Å². The lowest BCUT2D eigenvalue weighted by atomic mass is 10.1. The molecule has 0 aliphatic heterocycles. The average Bonchev–Trinajstić information content (AvgIpc) is 2.44. The second-order valence-corrected chi connectivity index (χ2v) is 6.12. The summed E-state index contributed by atoms with van der Waals surface area (Å²) < 4.78 is 10.8. The molecule has 0 aliphatic carbocycles. The van der Waals surface area contributed by atoms with Gasteiger partial charge in [0, 0.05) is 35.9 Å². The summed E-state index contributed by atoms with van der Waals surface area (Å²) in [6.45, 7) is 0.911. The zero-order valence-electron chi connectivity index (χ0n) is 11.9. The van der Waals surface area contributed by atoms with Gasteiger partial charge in [-0.15, -0.1) is 0 Å². The number of nitrogens with one attached hydrogen (secondary N) is 2. The molecule has 1 rings (SSSR count). The highest BCUT2D eigenvalue weighted by Gasteiger charge is 2.04. The Hall–Kier alpha value is -1.89. The maximum absolute atomic E-state index is 11.5. The number of carboxylic acid groups (broad SMARTS) is 1. The number of amides is 2. The molecular formula is C14H20N2O4S. The lowest BCUT2D eigenvalue weighted by Crippen LogP contribution is -2.37. The van der Waals surface area contributed by atoms with Gasteiger partial charge in [-0.25, -0.2) is 9.59 Å². The van der Waals surface area contributed by atoms with Crippen molar-refractivity contribution in [3.05, 3.63) is 35.4 Å². The Morgan fingerprint density at radius 2 is 1.95 bits per heavy atom. The van der Waals surface area contributed by atoms with Crippen LogP contribution in [0.15, 0.2) is 24.3 Å². The number of aromatic carboxylic acids is 1. The Bertz CT molecular complexity index is 519. The number of rotatable bonds is 8. The SMILES string of the molecule is CS(=O)CCCNC(=O)NCCc1cccc(C(=O)O)c1. The first-order chi connectivity index (χ1) is 9.99. The smallest absolute Gasteiger partial charge is 0.335 e. The summed E-state index contributed by atoms with van der Waals surface area (Å²) in [6.07, 6.45) is 2.87. The molecular weight excluding hydrogens is 292 g/mol. The van der Waals surface area contributed by atoms with Crippen molar-refractivity contribution in [2.75, 3.05) is 25.1 Å². The van der Waals surface area contributed by atoms with E-state index in [0.717, 1.165) is 5.56 Å². The quantitative estimate of drug-likeness (QED) is 0.624. The van der Waals surface area contributed by atoms with Gasteiger partial charge in [0.15, 0.2) is 0 Å². The fourth-order valence-electron chi connectivity index (χ4n) is 1.72. The van der Waals surface area contributed by atoms with E-state index in [0.29, 0.717) is 31.7 Å². The minimum atomic E-state index is -0.962. The van der Waals surface area contributed by atoms with E-state index in [1.165, 1.54) is 6.07 Å². The van der Waals surface area contributed by atoms with Gasteiger partial charge in [0.05, 0.1) is 5.56 Å². The van der Waals surface area contributed by atoms with Crippen molar-refractivity contribution in [3.63, 3.8) is 0 Å². The number of hydrogen-bond acceptors (Lipinski definition) is 3. The van der Waals surface area contributed by atoms with Gasteiger partial charge < -0.3 is 15.7 Å². The molecule has 116 valence electrons. The molecule has 0 saturated heterocycles. The molecule has 1 aromatic rings. The lowest BCUT2D eigenvalue weighted by molar-refractivity contribution is 0.0696. The molecule has 0 saturated carbocycles. The normalized spacial score (nSPS) is 11.7. The van der Waals surface area contributed by atoms with Crippen molar-refractivity contribution >= 4 is 22.8 Å². The van der Waals surface area contributed by atoms with Crippen LogP contribution in [-0.4, -0.2) is 46.4 Å². The summed E-state index contributed by atoms with van der Waals surface area (Å²) in [5, 5.41) is 14.3. The number of hydrogen-bond donors (Lipinski definition) is 3.